The van der Waals surface area contributed by atoms with Crippen LogP contribution in [0.2, 0.25) is 6.32 Å². The molecule has 8 nitrogen and oxygen atoms in total. The van der Waals surface area contributed by atoms with Crippen molar-refractivity contribution >= 4 is 41.5 Å². The van der Waals surface area contributed by atoms with E-state index >= 15 is 0 Å². The molecule has 2 radical (unpaired) electrons. The molecule has 0 aromatic carbocycles. The highest BCUT2D eigenvalue weighted by Gasteiger charge is 2.25. The molecule has 0 saturated carbocycles. The van der Waals surface area contributed by atoms with Crippen LogP contribution < -0.4 is 16.0 Å². The smallest absolute Gasteiger partial charge is 0.242 e. The fraction of sp³-hybridized carbons (Fsp3) is 0.762. The lowest BCUT2D eigenvalue weighted by Gasteiger charge is -2.29. The molecule has 0 aliphatic heterocycles. The number of unbranched alkanes of at least 4 members (excludes halogenated alkanes) is 1. The number of amides is 3. The molecule has 1 aliphatic rings. The molecule has 3 unspecified atom stereocenters. The Labute approximate surface area is 194 Å². The van der Waals surface area contributed by atoms with Crippen molar-refractivity contribution in [1.82, 2.24) is 16.0 Å². The topological polar surface area (TPSA) is 117 Å². The van der Waals surface area contributed by atoms with Gasteiger partial charge in [-0.15, -0.1) is 0 Å². The molecule has 0 spiro atoms. The van der Waals surface area contributed by atoms with E-state index in [0.29, 0.717) is 31.5 Å². The van der Waals surface area contributed by atoms with Gasteiger partial charge in [0.15, 0.2) is 6.29 Å². The molecule has 0 saturated heterocycles. The van der Waals surface area contributed by atoms with E-state index in [-0.39, 0.29) is 24.3 Å². The first-order valence-electron chi connectivity index (χ1n) is 10.8. The van der Waals surface area contributed by atoms with Gasteiger partial charge in [-0.1, -0.05) is 33.9 Å². The molecule has 1 rings (SSSR count). The van der Waals surface area contributed by atoms with E-state index in [1.807, 2.05) is 6.08 Å². The van der Waals surface area contributed by atoms with E-state index in [9.17, 15) is 19.5 Å². The molecule has 174 valence electrons. The van der Waals surface area contributed by atoms with Crippen LogP contribution in [-0.2, 0) is 19.1 Å². The number of allylic oxidation sites excluding steroid dienone is 1. The number of aliphatic hydroxyl groups excluding tert-OH is 1. The number of carbonyl (C=O) groups is 3. The number of hydrogen-bond acceptors (Lipinski definition) is 5. The van der Waals surface area contributed by atoms with Crippen molar-refractivity contribution < 1.29 is 24.2 Å². The summed E-state index contributed by atoms with van der Waals surface area (Å²) in [6, 6.07) is -1.61. The Morgan fingerprint density at radius 1 is 1.23 bits per heavy atom. The van der Waals surface area contributed by atoms with Gasteiger partial charge in [-0.25, -0.2) is 0 Å². The third-order valence-corrected chi connectivity index (χ3v) is 6.20. The predicted octanol–water partition coefficient (Wildman–Crippen LogP) is 1.32. The van der Waals surface area contributed by atoms with Crippen molar-refractivity contribution in [2.45, 2.75) is 83.1 Å². The number of rotatable bonds is 13. The fourth-order valence-electron chi connectivity index (χ4n) is 3.42. The van der Waals surface area contributed by atoms with Crippen LogP contribution in [0.15, 0.2) is 11.6 Å². The predicted molar refractivity (Wildman–Crippen MR) is 124 cm³/mol. The van der Waals surface area contributed by atoms with Crippen molar-refractivity contribution in [2.75, 3.05) is 12.4 Å². The van der Waals surface area contributed by atoms with Crippen molar-refractivity contribution in [1.29, 1.82) is 0 Å². The minimum Gasteiger partial charge on any atom is -0.368 e. The molecule has 10 heteroatoms. The second-order valence-electron chi connectivity index (χ2n) is 8.06. The summed E-state index contributed by atoms with van der Waals surface area (Å²) < 4.78 is 4.74. The second kappa shape index (κ2) is 14.6. The van der Waals surface area contributed by atoms with Gasteiger partial charge in [0.25, 0.3) is 0 Å². The van der Waals surface area contributed by atoms with Gasteiger partial charge in [0.2, 0.25) is 17.7 Å². The van der Waals surface area contributed by atoms with Gasteiger partial charge in [0.1, 0.15) is 12.1 Å². The van der Waals surface area contributed by atoms with Crippen LogP contribution >= 0.6 is 15.9 Å². The molecule has 0 heterocycles. The van der Waals surface area contributed by atoms with E-state index in [2.05, 4.69) is 31.9 Å². The maximum Gasteiger partial charge on any atom is 0.242 e. The number of alkyl halides is 1. The van der Waals surface area contributed by atoms with Gasteiger partial charge >= 0.3 is 0 Å². The summed E-state index contributed by atoms with van der Waals surface area (Å²) in [5, 5.41) is 18.4. The lowest BCUT2D eigenvalue weighted by molar-refractivity contribution is -0.131. The second-order valence-corrected chi connectivity index (χ2v) is 8.71. The molecular formula is C21H35BBrN3O5. The Morgan fingerprint density at radius 2 is 1.90 bits per heavy atom. The van der Waals surface area contributed by atoms with E-state index in [4.69, 9.17) is 12.6 Å². The standard InChI is InChI=1S/C21H35BBrN3O5/c1-13(24-18(27)6-4-5-7-19(28)31-3)20(29)25-14(2)21(30)26-17-9-15(11-22)8-16(10-17)12-23/h9,13-14,16-17,19,28H,4-8,10-12H2,1-3H3,(H,24,27)(H,25,29)(H,26,30)/t13-,14?,16?,17?,19+/m0/s1. The third kappa shape index (κ3) is 10.7. The first kappa shape index (κ1) is 27.6. The molecule has 3 amide bonds. The molecule has 31 heavy (non-hydrogen) atoms. The Bertz CT molecular complexity index is 634. The molecule has 4 N–H and O–H groups in total. The summed E-state index contributed by atoms with van der Waals surface area (Å²) in [6.07, 6.45) is 5.29. The lowest BCUT2D eigenvalue weighted by atomic mass is 9.81. The van der Waals surface area contributed by atoms with Crippen LogP contribution in [0.3, 0.4) is 0 Å². The number of aliphatic hydroxyl groups is 1. The minimum absolute atomic E-state index is 0.115. The summed E-state index contributed by atoms with van der Waals surface area (Å²) in [6.45, 7) is 3.19. The first-order valence-corrected chi connectivity index (χ1v) is 11.9. The monoisotopic (exact) mass is 499 g/mol. The molecule has 0 fully saturated rings. The van der Waals surface area contributed by atoms with Crippen molar-refractivity contribution in [3.63, 3.8) is 0 Å². The van der Waals surface area contributed by atoms with E-state index in [0.717, 1.165) is 23.7 Å². The Hall–Kier alpha value is -1.39. The maximum atomic E-state index is 12.5. The zero-order chi connectivity index (χ0) is 23.4. The van der Waals surface area contributed by atoms with Gasteiger partial charge in [-0.2, -0.15) is 0 Å². The Kier molecular flexibility index (Phi) is 13.1. The highest BCUT2D eigenvalue weighted by atomic mass is 79.9. The van der Waals surface area contributed by atoms with Crippen LogP contribution in [0.4, 0.5) is 0 Å². The summed E-state index contributed by atoms with van der Waals surface area (Å²) >= 11 is 3.50. The molecule has 0 bridgehead atoms. The highest BCUT2D eigenvalue weighted by Crippen LogP contribution is 2.27. The lowest BCUT2D eigenvalue weighted by Crippen LogP contribution is -2.53. The van der Waals surface area contributed by atoms with Crippen molar-refractivity contribution in [3.8, 4) is 0 Å². The third-order valence-electron chi connectivity index (χ3n) is 5.28. The number of halogens is 1. The zero-order valence-corrected chi connectivity index (χ0v) is 20.2. The highest BCUT2D eigenvalue weighted by molar-refractivity contribution is 9.09. The van der Waals surface area contributed by atoms with Crippen LogP contribution in [0, 0.1) is 5.92 Å². The normalized spacial score (nSPS) is 21.4. The van der Waals surface area contributed by atoms with Crippen LogP contribution in [0.25, 0.3) is 0 Å². The quantitative estimate of drug-likeness (QED) is 0.100. The van der Waals surface area contributed by atoms with Crippen LogP contribution in [0.1, 0.15) is 52.4 Å². The van der Waals surface area contributed by atoms with Crippen molar-refractivity contribution in [2.24, 2.45) is 5.92 Å². The number of ether oxygens (including phenoxy) is 1. The first-order chi connectivity index (χ1) is 14.7. The van der Waals surface area contributed by atoms with Gasteiger partial charge in [-0.3, -0.25) is 14.4 Å². The van der Waals surface area contributed by atoms with Gasteiger partial charge in [-0.05, 0) is 51.9 Å². The van der Waals surface area contributed by atoms with E-state index in [1.54, 1.807) is 13.8 Å². The average molecular weight is 500 g/mol. The molecule has 5 atom stereocenters. The molecule has 0 aromatic heterocycles. The summed E-state index contributed by atoms with van der Waals surface area (Å²) in [5.41, 5.74) is 1.12. The number of methoxy groups -OCH3 is 1. The molecule has 0 aromatic rings. The number of nitrogens with one attached hydrogen (secondary N) is 3. The summed E-state index contributed by atoms with van der Waals surface area (Å²) in [5.74, 6) is -0.553. The number of hydrogen-bond donors (Lipinski definition) is 4. The average Bonchev–Trinajstić information content (AvgIpc) is 2.75. The van der Waals surface area contributed by atoms with Gasteiger partial charge < -0.3 is 25.8 Å². The number of carbonyl (C=O) groups excluding carboxylic acids is 3. The Balaban J connectivity index is 2.40. The van der Waals surface area contributed by atoms with Gasteiger partial charge in [0.05, 0.1) is 7.85 Å². The SMILES string of the molecule is [B]CC1=CC(NC(=O)C(C)NC(=O)[C@H](C)NC(=O)CCCC[C@H](O)OC)CC(CBr)C1. The summed E-state index contributed by atoms with van der Waals surface area (Å²) in [4.78, 5) is 36.9. The van der Waals surface area contributed by atoms with Gasteiger partial charge in [0, 0.05) is 24.9 Å². The molecular weight excluding hydrogens is 465 g/mol. The maximum absolute atomic E-state index is 12.5. The van der Waals surface area contributed by atoms with E-state index in [1.165, 1.54) is 7.11 Å². The zero-order valence-electron chi connectivity index (χ0n) is 18.7. The van der Waals surface area contributed by atoms with Crippen LogP contribution in [-0.4, -0.2) is 67.5 Å². The minimum atomic E-state index is -0.822. The Morgan fingerprint density at radius 3 is 2.52 bits per heavy atom. The van der Waals surface area contributed by atoms with Crippen molar-refractivity contribution in [3.05, 3.63) is 11.6 Å². The largest absolute Gasteiger partial charge is 0.368 e. The summed E-state index contributed by atoms with van der Waals surface area (Å²) in [7, 11) is 7.18. The molecule has 1 aliphatic carbocycles. The van der Waals surface area contributed by atoms with E-state index < -0.39 is 24.3 Å². The fourth-order valence-corrected chi connectivity index (χ4v) is 3.91. The van der Waals surface area contributed by atoms with Crippen LogP contribution in [0.5, 0.6) is 0 Å².